The number of alkyl halides is 3. The third-order valence-corrected chi connectivity index (χ3v) is 4.18. The average molecular weight is 374 g/mol. The molecule has 0 atom stereocenters. The highest BCUT2D eigenvalue weighted by Crippen LogP contribution is 2.32. The Bertz CT molecular complexity index is 1100. The predicted molar refractivity (Wildman–Crippen MR) is 106 cm³/mol. The summed E-state index contributed by atoms with van der Waals surface area (Å²) in [6.45, 7) is 3.47. The molecule has 0 radical (unpaired) electrons. The second kappa shape index (κ2) is 8.07. The van der Waals surface area contributed by atoms with Crippen LogP contribution in [0.25, 0.3) is 0 Å². The van der Waals surface area contributed by atoms with Crippen molar-refractivity contribution in [3.05, 3.63) is 106 Å². The number of rotatable bonds is 0. The van der Waals surface area contributed by atoms with Crippen molar-refractivity contribution in [3.63, 3.8) is 0 Å². The first-order chi connectivity index (χ1) is 13.3. The van der Waals surface area contributed by atoms with E-state index in [0.29, 0.717) is 5.56 Å². The highest BCUT2D eigenvalue weighted by atomic mass is 19.4. The monoisotopic (exact) mass is 374 g/mol. The summed E-state index contributed by atoms with van der Waals surface area (Å²) in [5, 5.41) is 0. The largest absolute Gasteiger partial charge is 0.416 e. The van der Waals surface area contributed by atoms with Crippen LogP contribution in [0.4, 0.5) is 13.2 Å². The van der Waals surface area contributed by atoms with E-state index in [-0.39, 0.29) is 5.56 Å². The van der Waals surface area contributed by atoms with Crippen molar-refractivity contribution < 1.29 is 13.2 Å². The zero-order valence-electron chi connectivity index (χ0n) is 15.5. The Hall–Kier alpha value is -3.43. The lowest BCUT2D eigenvalue weighted by Crippen LogP contribution is -2.07. The van der Waals surface area contributed by atoms with Gasteiger partial charge in [-0.15, -0.1) is 0 Å². The first kappa shape index (κ1) is 19.3. The Balaban J connectivity index is 1.77. The van der Waals surface area contributed by atoms with E-state index in [9.17, 15) is 13.2 Å². The van der Waals surface area contributed by atoms with E-state index >= 15 is 0 Å². The maximum absolute atomic E-state index is 13.0. The lowest BCUT2D eigenvalue weighted by atomic mass is 10.0. The van der Waals surface area contributed by atoms with Crippen LogP contribution in [0.1, 0.15) is 38.9 Å². The summed E-state index contributed by atoms with van der Waals surface area (Å²) < 4.78 is 39.0. The predicted octanol–water partition coefficient (Wildman–Crippen LogP) is 6.12. The summed E-state index contributed by atoms with van der Waals surface area (Å²) in [4.78, 5) is 0. The minimum absolute atomic E-state index is 0.189. The quantitative estimate of drug-likeness (QED) is 0.416. The van der Waals surface area contributed by atoms with Crippen LogP contribution >= 0.6 is 0 Å². The van der Waals surface area contributed by atoms with Gasteiger partial charge in [-0.2, -0.15) is 13.2 Å². The van der Waals surface area contributed by atoms with E-state index in [2.05, 4.69) is 23.7 Å². The zero-order valence-corrected chi connectivity index (χ0v) is 15.5. The smallest absolute Gasteiger partial charge is 0.166 e. The Morgan fingerprint density at radius 2 is 0.964 bits per heavy atom. The van der Waals surface area contributed by atoms with E-state index < -0.39 is 11.7 Å². The maximum atomic E-state index is 13.0. The number of hydrogen-bond donors (Lipinski definition) is 0. The van der Waals surface area contributed by atoms with Crippen molar-refractivity contribution in [1.29, 1.82) is 0 Å². The number of hydrogen-bond acceptors (Lipinski definition) is 0. The fourth-order valence-electron chi connectivity index (χ4n) is 2.57. The van der Waals surface area contributed by atoms with Gasteiger partial charge in [-0.25, -0.2) is 0 Å². The molecule has 0 unspecified atom stereocenters. The molecule has 3 heteroatoms. The highest BCUT2D eigenvalue weighted by molar-refractivity contribution is 5.49. The Morgan fingerprint density at radius 1 is 0.571 bits per heavy atom. The van der Waals surface area contributed by atoms with Crippen LogP contribution < -0.4 is 0 Å². The van der Waals surface area contributed by atoms with Gasteiger partial charge >= 0.3 is 6.18 Å². The van der Waals surface area contributed by atoms with Crippen LogP contribution in [-0.4, -0.2) is 0 Å². The van der Waals surface area contributed by atoms with Crippen LogP contribution in [0.3, 0.4) is 0 Å². The molecule has 3 rings (SSSR count). The van der Waals surface area contributed by atoms with Crippen LogP contribution in [0.5, 0.6) is 0 Å². The van der Waals surface area contributed by atoms with Gasteiger partial charge in [0.15, 0.2) is 0 Å². The minimum Gasteiger partial charge on any atom is -0.166 e. The molecule has 0 aliphatic rings. The Kier molecular flexibility index (Phi) is 5.57. The molecule has 0 saturated carbocycles. The lowest BCUT2D eigenvalue weighted by molar-refractivity contribution is -0.138. The fraction of sp³-hybridized carbons (Fsp3) is 0.120. The number of benzene rings is 3. The minimum atomic E-state index is -4.38. The molecule has 0 aliphatic heterocycles. The third kappa shape index (κ3) is 5.06. The summed E-state index contributed by atoms with van der Waals surface area (Å²) >= 11 is 0. The summed E-state index contributed by atoms with van der Waals surface area (Å²) in [7, 11) is 0. The topological polar surface area (TPSA) is 0 Å². The molecule has 3 aromatic rings. The molecule has 0 nitrogen and oxygen atoms in total. The van der Waals surface area contributed by atoms with Crippen LogP contribution in [-0.2, 0) is 6.18 Å². The van der Waals surface area contributed by atoms with Crippen molar-refractivity contribution in [1.82, 2.24) is 0 Å². The molecule has 0 spiro atoms. The van der Waals surface area contributed by atoms with Gasteiger partial charge in [-0.05, 0) is 67.9 Å². The second-order valence-corrected chi connectivity index (χ2v) is 6.47. The molecule has 0 saturated heterocycles. The third-order valence-electron chi connectivity index (χ3n) is 4.18. The first-order valence-electron chi connectivity index (χ1n) is 8.70. The van der Waals surface area contributed by atoms with Crippen molar-refractivity contribution in [2.45, 2.75) is 20.0 Å². The molecule has 0 aliphatic carbocycles. The van der Waals surface area contributed by atoms with Crippen molar-refractivity contribution in [2.75, 3.05) is 0 Å². The van der Waals surface area contributed by atoms with Gasteiger partial charge in [0, 0.05) is 22.3 Å². The SMILES string of the molecule is Cc1ccc(C#Cc2ccc(C#Cc3ccc(C)c(C(F)(F)F)c3)cc2)cc1. The molecule has 28 heavy (non-hydrogen) atoms. The molecular formula is C25H17F3. The molecule has 0 amide bonds. The van der Waals surface area contributed by atoms with E-state index in [1.54, 1.807) is 6.07 Å². The molecule has 138 valence electrons. The molecule has 3 aromatic carbocycles. The van der Waals surface area contributed by atoms with E-state index in [1.165, 1.54) is 18.6 Å². The molecule has 0 fully saturated rings. The van der Waals surface area contributed by atoms with E-state index in [0.717, 1.165) is 22.8 Å². The molecule has 0 N–H and O–H groups in total. The Morgan fingerprint density at radius 3 is 1.43 bits per heavy atom. The summed E-state index contributed by atoms with van der Waals surface area (Å²) in [5.41, 5.74) is 3.56. The van der Waals surface area contributed by atoms with Crippen molar-refractivity contribution in [3.8, 4) is 23.7 Å². The fourth-order valence-corrected chi connectivity index (χ4v) is 2.57. The lowest BCUT2D eigenvalue weighted by Gasteiger charge is -2.09. The van der Waals surface area contributed by atoms with Crippen LogP contribution in [0.15, 0.2) is 66.7 Å². The van der Waals surface area contributed by atoms with Gasteiger partial charge in [-0.3, -0.25) is 0 Å². The second-order valence-electron chi connectivity index (χ2n) is 6.47. The van der Waals surface area contributed by atoms with Gasteiger partial charge in [0.05, 0.1) is 5.56 Å². The average Bonchev–Trinajstić information content (AvgIpc) is 2.67. The number of halogens is 3. The summed E-state index contributed by atoms with van der Waals surface area (Å²) in [6, 6.07) is 19.4. The van der Waals surface area contributed by atoms with Gasteiger partial charge in [-0.1, -0.05) is 47.4 Å². The summed E-state index contributed by atoms with van der Waals surface area (Å²) in [5.74, 6) is 11.9. The molecule has 0 heterocycles. The molecule has 0 bridgehead atoms. The van der Waals surface area contributed by atoms with Crippen LogP contribution in [0, 0.1) is 37.5 Å². The van der Waals surface area contributed by atoms with Gasteiger partial charge in [0.2, 0.25) is 0 Å². The van der Waals surface area contributed by atoms with E-state index in [1.807, 2.05) is 55.5 Å². The van der Waals surface area contributed by atoms with Crippen molar-refractivity contribution in [2.24, 2.45) is 0 Å². The normalized spacial score (nSPS) is 10.5. The molecule has 0 aromatic heterocycles. The van der Waals surface area contributed by atoms with Gasteiger partial charge in [0.25, 0.3) is 0 Å². The van der Waals surface area contributed by atoms with Crippen molar-refractivity contribution >= 4 is 0 Å². The maximum Gasteiger partial charge on any atom is 0.416 e. The molecular weight excluding hydrogens is 357 g/mol. The van der Waals surface area contributed by atoms with Gasteiger partial charge in [0.1, 0.15) is 0 Å². The van der Waals surface area contributed by atoms with Gasteiger partial charge < -0.3 is 0 Å². The first-order valence-corrected chi connectivity index (χ1v) is 8.70. The highest BCUT2D eigenvalue weighted by Gasteiger charge is 2.32. The standard InChI is InChI=1S/C25H17F3/c1-18-3-6-20(7-4-18)9-10-21-11-13-22(14-12-21)15-16-23-8-5-19(2)24(17-23)25(26,27)28/h3-8,11-14,17H,1-2H3. The Labute approximate surface area is 163 Å². The van der Waals surface area contributed by atoms with E-state index in [4.69, 9.17) is 0 Å². The summed E-state index contributed by atoms with van der Waals surface area (Å²) in [6.07, 6.45) is -4.38. The van der Waals surface area contributed by atoms with Crippen LogP contribution in [0.2, 0.25) is 0 Å². The zero-order chi connectivity index (χ0) is 20.1. The number of aryl methyl sites for hydroxylation is 2.